The molecule has 84 valence electrons. The molecule has 0 unspecified atom stereocenters. The van der Waals surface area contributed by atoms with Gasteiger partial charge in [0.1, 0.15) is 0 Å². The molecule has 0 radical (unpaired) electrons. The van der Waals surface area contributed by atoms with E-state index >= 15 is 0 Å². The topological polar surface area (TPSA) is 0 Å². The van der Waals surface area contributed by atoms with E-state index in [4.69, 9.17) is 0 Å². The zero-order valence-electron chi connectivity index (χ0n) is 10.3. The molecule has 2 aliphatic carbocycles. The molecule has 1 fully saturated rings. The fourth-order valence-corrected chi connectivity index (χ4v) is 3.60. The minimum absolute atomic E-state index is 0.381. The van der Waals surface area contributed by atoms with Crippen LogP contribution in [0, 0.1) is 5.41 Å². The third-order valence-electron chi connectivity index (χ3n) is 3.31. The number of allylic oxidation sites excluding steroid dienone is 2. The Labute approximate surface area is 96.0 Å². The maximum absolute atomic E-state index is 2.54. The molecule has 0 bridgehead atoms. The van der Waals surface area contributed by atoms with Crippen molar-refractivity contribution in [3.8, 4) is 0 Å². The molecule has 2 aliphatic rings. The van der Waals surface area contributed by atoms with Crippen molar-refractivity contribution >= 4 is 14.0 Å². The van der Waals surface area contributed by atoms with Crippen LogP contribution in [0.25, 0.3) is 0 Å². The summed E-state index contributed by atoms with van der Waals surface area (Å²) in [4.78, 5) is 0. The van der Waals surface area contributed by atoms with Gasteiger partial charge in [-0.25, -0.2) is 0 Å². The van der Waals surface area contributed by atoms with Crippen LogP contribution in [0.1, 0.15) is 59.3 Å². The Bertz CT molecular complexity index is 287. The van der Waals surface area contributed by atoms with Gasteiger partial charge in [0.05, 0.1) is 0 Å². The Hall–Kier alpha value is -0.0900. The first-order valence-electron chi connectivity index (χ1n) is 6.28. The lowest BCUT2D eigenvalue weighted by atomic mass is 9.96. The number of hydrogen-bond acceptors (Lipinski definition) is 0. The summed E-state index contributed by atoms with van der Waals surface area (Å²) in [5.41, 5.74) is 2.17. The van der Waals surface area contributed by atoms with Gasteiger partial charge in [0, 0.05) is 5.16 Å². The maximum atomic E-state index is 2.54. The zero-order valence-corrected chi connectivity index (χ0v) is 11.2. The highest BCUT2D eigenvalue weighted by molar-refractivity contribution is 7.41. The van der Waals surface area contributed by atoms with E-state index in [-0.39, 0.29) is 0 Å². The molecule has 1 saturated carbocycles. The minimum Gasteiger partial charge on any atom is -0.0970 e. The summed E-state index contributed by atoms with van der Waals surface area (Å²) >= 11 is 0. The normalized spacial score (nSPS) is 25.4. The molecule has 0 saturated heterocycles. The lowest BCUT2D eigenvalue weighted by Crippen LogP contribution is -2.10. The summed E-state index contributed by atoms with van der Waals surface area (Å²) in [5, 5.41) is 0.605. The van der Waals surface area contributed by atoms with Crippen molar-refractivity contribution in [2.45, 2.75) is 64.5 Å². The molecule has 15 heavy (non-hydrogen) atoms. The van der Waals surface area contributed by atoms with Gasteiger partial charge >= 0.3 is 0 Å². The first-order valence-corrected chi connectivity index (χ1v) is 7.24. The molecule has 2 rings (SSSR count). The molecule has 0 spiro atoms. The summed E-state index contributed by atoms with van der Waals surface area (Å²) in [7, 11) is 1.58. The molecular formula is C14H23P. The molecule has 0 aromatic carbocycles. The van der Waals surface area contributed by atoms with E-state index in [9.17, 15) is 0 Å². The van der Waals surface area contributed by atoms with E-state index in [1.165, 1.54) is 38.5 Å². The average Bonchev–Trinajstić information content (AvgIpc) is 2.96. The number of rotatable bonds is 2. The molecule has 0 aromatic rings. The second kappa shape index (κ2) is 4.06. The van der Waals surface area contributed by atoms with Crippen LogP contribution in [0.3, 0.4) is 0 Å². The van der Waals surface area contributed by atoms with Crippen molar-refractivity contribution in [3.63, 3.8) is 0 Å². The summed E-state index contributed by atoms with van der Waals surface area (Å²) in [5.74, 6) is 2.51. The molecular weight excluding hydrogens is 199 g/mol. The van der Waals surface area contributed by atoms with Crippen LogP contribution in [-0.2, 0) is 0 Å². The molecule has 0 nitrogen and oxygen atoms in total. The van der Waals surface area contributed by atoms with Gasteiger partial charge in [0.2, 0.25) is 0 Å². The van der Waals surface area contributed by atoms with Crippen molar-refractivity contribution in [1.82, 2.24) is 0 Å². The van der Waals surface area contributed by atoms with Gasteiger partial charge in [0.15, 0.2) is 0 Å². The van der Waals surface area contributed by atoms with Gasteiger partial charge in [-0.3, -0.25) is 0 Å². The third kappa shape index (κ3) is 2.94. The standard InChI is InChI=1S/C14H23P/c1-13(2,3)11-15-14(9-10-14)12-7-5-4-6-8-12/h7,11H,4-6,8-10H2,1-3H3. The van der Waals surface area contributed by atoms with Crippen LogP contribution in [0.4, 0.5) is 0 Å². The van der Waals surface area contributed by atoms with Crippen LogP contribution in [-0.4, -0.2) is 11.0 Å². The van der Waals surface area contributed by atoms with E-state index < -0.39 is 0 Å². The van der Waals surface area contributed by atoms with Crippen LogP contribution < -0.4 is 0 Å². The van der Waals surface area contributed by atoms with Gasteiger partial charge in [-0.1, -0.05) is 46.4 Å². The Morgan fingerprint density at radius 1 is 1.27 bits per heavy atom. The second-order valence-corrected chi connectivity index (χ2v) is 7.50. The highest BCUT2D eigenvalue weighted by Gasteiger charge is 2.44. The number of hydrogen-bond donors (Lipinski definition) is 0. The monoisotopic (exact) mass is 222 g/mol. The van der Waals surface area contributed by atoms with E-state index in [0.717, 1.165) is 0 Å². The lowest BCUT2D eigenvalue weighted by Gasteiger charge is -2.20. The third-order valence-corrected chi connectivity index (χ3v) is 5.44. The van der Waals surface area contributed by atoms with Crippen molar-refractivity contribution < 1.29 is 0 Å². The van der Waals surface area contributed by atoms with Gasteiger partial charge in [0.25, 0.3) is 0 Å². The van der Waals surface area contributed by atoms with Gasteiger partial charge in [-0.15, -0.1) is 0 Å². The second-order valence-electron chi connectivity index (χ2n) is 6.13. The van der Waals surface area contributed by atoms with E-state index in [0.29, 0.717) is 10.6 Å². The molecule has 0 N–H and O–H groups in total. The van der Waals surface area contributed by atoms with Gasteiger partial charge in [-0.05, 0) is 43.9 Å². The van der Waals surface area contributed by atoms with Crippen LogP contribution >= 0.6 is 8.20 Å². The molecule has 0 heterocycles. The first kappa shape index (κ1) is 11.4. The predicted molar refractivity (Wildman–Crippen MR) is 71.0 cm³/mol. The van der Waals surface area contributed by atoms with E-state index in [1.807, 2.05) is 0 Å². The maximum Gasteiger partial charge on any atom is 0.0328 e. The minimum atomic E-state index is 0.381. The Morgan fingerprint density at radius 3 is 2.47 bits per heavy atom. The average molecular weight is 222 g/mol. The molecule has 0 aromatic heterocycles. The molecule has 0 aliphatic heterocycles. The Morgan fingerprint density at radius 2 is 2.00 bits per heavy atom. The first-order chi connectivity index (χ1) is 7.02. The summed E-state index contributed by atoms with van der Waals surface area (Å²) in [6.07, 6.45) is 11.0. The SMILES string of the molecule is CC(C)(C)C=PC1(C2=CCCCC2)CC1. The predicted octanol–water partition coefficient (Wildman–Crippen LogP) is 4.81. The summed E-state index contributed by atoms with van der Waals surface area (Å²) in [6, 6.07) is 0. The summed E-state index contributed by atoms with van der Waals surface area (Å²) < 4.78 is 0. The van der Waals surface area contributed by atoms with Crippen molar-refractivity contribution in [3.05, 3.63) is 11.6 Å². The lowest BCUT2D eigenvalue weighted by molar-refractivity contribution is 0.614. The van der Waals surface area contributed by atoms with Gasteiger partial charge < -0.3 is 0 Å². The highest BCUT2D eigenvalue weighted by atomic mass is 31.1. The van der Waals surface area contributed by atoms with E-state index in [1.54, 1.807) is 13.8 Å². The highest BCUT2D eigenvalue weighted by Crippen LogP contribution is 2.56. The summed E-state index contributed by atoms with van der Waals surface area (Å²) in [6.45, 7) is 6.93. The Kier molecular flexibility index (Phi) is 3.08. The van der Waals surface area contributed by atoms with Gasteiger partial charge in [-0.2, -0.15) is 0 Å². The largest absolute Gasteiger partial charge is 0.0970 e. The van der Waals surface area contributed by atoms with E-state index in [2.05, 4.69) is 32.6 Å². The smallest absolute Gasteiger partial charge is 0.0328 e. The molecule has 0 atom stereocenters. The van der Waals surface area contributed by atoms with Crippen molar-refractivity contribution in [2.75, 3.05) is 0 Å². The fourth-order valence-electron chi connectivity index (χ4n) is 2.23. The van der Waals surface area contributed by atoms with Crippen molar-refractivity contribution in [2.24, 2.45) is 5.41 Å². The molecule has 1 heteroatoms. The fraction of sp³-hybridized carbons (Fsp3) is 0.786. The molecule has 0 amide bonds. The van der Waals surface area contributed by atoms with Crippen LogP contribution in [0.15, 0.2) is 11.6 Å². The Balaban J connectivity index is 2.07. The van der Waals surface area contributed by atoms with Crippen molar-refractivity contribution in [1.29, 1.82) is 0 Å². The van der Waals surface area contributed by atoms with Crippen LogP contribution in [0.2, 0.25) is 0 Å². The van der Waals surface area contributed by atoms with Crippen LogP contribution in [0.5, 0.6) is 0 Å². The quantitative estimate of drug-likeness (QED) is 0.464. The zero-order chi connectivity index (χ0) is 10.9.